The van der Waals surface area contributed by atoms with Gasteiger partial charge in [0.25, 0.3) is 5.13 Å². The van der Waals surface area contributed by atoms with Crippen LogP contribution < -0.4 is 10.3 Å². The molecule has 2 aromatic heterocycles. The van der Waals surface area contributed by atoms with Crippen LogP contribution in [0.1, 0.15) is 5.69 Å². The lowest BCUT2D eigenvalue weighted by Gasteiger charge is -1.80. The quantitative estimate of drug-likeness (QED) is 0.663. The Morgan fingerprint density at radius 2 is 2.45 bits per heavy atom. The van der Waals surface area contributed by atoms with E-state index in [9.17, 15) is 0 Å². The molecule has 0 radical (unpaired) electrons. The Morgan fingerprint density at radius 3 is 3.09 bits per heavy atom. The molecular weight excluding hydrogens is 160 g/mol. The predicted octanol–water partition coefficient (Wildman–Crippen LogP) is 0.789. The lowest BCUT2D eigenvalue weighted by atomic mass is 10.5. The minimum atomic E-state index is 0.928. The summed E-state index contributed by atoms with van der Waals surface area (Å²) in [5, 5.41) is 11.1. The molecule has 3 N–H and O–H groups in total. The second-order valence-electron chi connectivity index (χ2n) is 2.33. The molecule has 0 saturated heterocycles. The summed E-state index contributed by atoms with van der Waals surface area (Å²) >= 11 is 1.67. The van der Waals surface area contributed by atoms with Gasteiger partial charge in [-0.15, -0.1) is 0 Å². The number of aromatic nitrogens is 3. The van der Waals surface area contributed by atoms with E-state index in [1.54, 1.807) is 11.3 Å². The molecule has 2 aromatic rings. The zero-order valence-electron chi connectivity index (χ0n) is 6.36. The highest BCUT2D eigenvalue weighted by atomic mass is 32.1. The first kappa shape index (κ1) is 6.60. The van der Waals surface area contributed by atoms with Crippen LogP contribution in [0.4, 0.5) is 5.13 Å². The van der Waals surface area contributed by atoms with E-state index in [0.717, 1.165) is 16.5 Å². The van der Waals surface area contributed by atoms with Gasteiger partial charge in [0.2, 0.25) is 0 Å². The Balaban J connectivity index is 2.70. The van der Waals surface area contributed by atoms with Crippen LogP contribution in [0.2, 0.25) is 0 Å². The minimum Gasteiger partial charge on any atom is -0.299 e. The maximum Gasteiger partial charge on any atom is 0.304 e. The van der Waals surface area contributed by atoms with E-state index in [1.807, 2.05) is 14.0 Å². The highest BCUT2D eigenvalue weighted by Crippen LogP contribution is 2.22. The molecule has 0 aliphatic heterocycles. The van der Waals surface area contributed by atoms with Gasteiger partial charge in [-0.25, -0.2) is 10.1 Å². The standard InChI is InChI=1S/C6H8N4S/c1-3-4-5(10-9-3)8-6(7-2)11-4/h1-2H3,(H2,7,8,9,10)/p+1. The summed E-state index contributed by atoms with van der Waals surface area (Å²) in [4.78, 5) is 3.13. The van der Waals surface area contributed by atoms with Crippen LogP contribution in [-0.4, -0.2) is 17.2 Å². The van der Waals surface area contributed by atoms with Crippen LogP contribution in [0.5, 0.6) is 0 Å². The molecule has 0 aliphatic rings. The molecular formula is C6H9N4S+. The number of fused-ring (bicyclic) bond motifs is 1. The number of H-pyrrole nitrogens is 2. The summed E-state index contributed by atoms with van der Waals surface area (Å²) in [6, 6.07) is 0. The second-order valence-corrected chi connectivity index (χ2v) is 3.35. The van der Waals surface area contributed by atoms with Crippen LogP contribution in [0.25, 0.3) is 10.3 Å². The number of rotatable bonds is 1. The zero-order chi connectivity index (χ0) is 7.84. The van der Waals surface area contributed by atoms with Crippen molar-refractivity contribution in [2.75, 3.05) is 12.4 Å². The van der Waals surface area contributed by atoms with Crippen LogP contribution in [0.3, 0.4) is 0 Å². The topological polar surface area (TPSA) is 54.9 Å². The number of aromatic amines is 2. The number of aryl methyl sites for hydroxylation is 1. The highest BCUT2D eigenvalue weighted by molar-refractivity contribution is 7.21. The molecule has 58 valence electrons. The lowest BCUT2D eigenvalue weighted by Crippen LogP contribution is -2.04. The summed E-state index contributed by atoms with van der Waals surface area (Å²) in [6.45, 7) is 2.01. The summed E-state index contributed by atoms with van der Waals surface area (Å²) in [7, 11) is 1.89. The van der Waals surface area contributed by atoms with E-state index >= 15 is 0 Å². The van der Waals surface area contributed by atoms with Crippen molar-refractivity contribution in [1.29, 1.82) is 0 Å². The lowest BCUT2D eigenvalue weighted by molar-refractivity contribution is -0.324. The van der Waals surface area contributed by atoms with Gasteiger partial charge in [0.15, 0.2) is 0 Å². The minimum absolute atomic E-state index is 0.928. The molecule has 2 heterocycles. The van der Waals surface area contributed by atoms with Gasteiger partial charge in [0.1, 0.15) is 4.70 Å². The largest absolute Gasteiger partial charge is 0.304 e. The van der Waals surface area contributed by atoms with E-state index in [4.69, 9.17) is 0 Å². The first-order chi connectivity index (χ1) is 5.31. The zero-order valence-corrected chi connectivity index (χ0v) is 7.17. The van der Waals surface area contributed by atoms with Crippen molar-refractivity contribution in [3.8, 4) is 0 Å². The van der Waals surface area contributed by atoms with E-state index in [1.165, 1.54) is 4.70 Å². The van der Waals surface area contributed by atoms with Gasteiger partial charge in [-0.3, -0.25) is 5.32 Å². The Morgan fingerprint density at radius 1 is 1.64 bits per heavy atom. The number of hydrogen-bond acceptors (Lipinski definition) is 3. The highest BCUT2D eigenvalue weighted by Gasteiger charge is 2.12. The third-order valence-electron chi connectivity index (χ3n) is 1.55. The molecule has 0 amide bonds. The Hall–Kier alpha value is -1.10. The third-order valence-corrected chi connectivity index (χ3v) is 2.77. The molecule has 11 heavy (non-hydrogen) atoms. The first-order valence-corrected chi connectivity index (χ1v) is 4.17. The van der Waals surface area contributed by atoms with Crippen LogP contribution in [0, 0.1) is 6.92 Å². The first-order valence-electron chi connectivity index (χ1n) is 3.36. The van der Waals surface area contributed by atoms with E-state index < -0.39 is 0 Å². The molecule has 0 spiro atoms. The Labute approximate surface area is 67.7 Å². The molecule has 2 rings (SSSR count). The number of hydrogen-bond donors (Lipinski definition) is 2. The van der Waals surface area contributed by atoms with Gasteiger partial charge in [0, 0.05) is 0 Å². The average molecular weight is 169 g/mol. The summed E-state index contributed by atoms with van der Waals surface area (Å²) in [5.41, 5.74) is 2.04. The SMILES string of the molecule is CNc1[nH+]c2n[nH]c(C)c2s1. The molecule has 0 bridgehead atoms. The molecule has 4 nitrogen and oxygen atoms in total. The summed E-state index contributed by atoms with van der Waals surface area (Å²) < 4.78 is 1.19. The van der Waals surface area contributed by atoms with E-state index in [0.29, 0.717) is 0 Å². The molecule has 0 aromatic carbocycles. The van der Waals surface area contributed by atoms with Crippen molar-refractivity contribution in [1.82, 2.24) is 10.2 Å². The van der Waals surface area contributed by atoms with Gasteiger partial charge in [-0.1, -0.05) is 11.3 Å². The fraction of sp³-hybridized carbons (Fsp3) is 0.333. The molecule has 0 aliphatic carbocycles. The normalized spacial score (nSPS) is 10.7. The van der Waals surface area contributed by atoms with Crippen molar-refractivity contribution >= 4 is 26.8 Å². The van der Waals surface area contributed by atoms with Gasteiger partial charge in [-0.2, -0.15) is 0 Å². The van der Waals surface area contributed by atoms with Crippen LogP contribution in [-0.2, 0) is 0 Å². The molecule has 0 atom stereocenters. The third kappa shape index (κ3) is 0.883. The second kappa shape index (κ2) is 2.20. The van der Waals surface area contributed by atoms with E-state index in [2.05, 4.69) is 20.5 Å². The maximum absolute atomic E-state index is 4.08. The van der Waals surface area contributed by atoms with Crippen molar-refractivity contribution in [3.63, 3.8) is 0 Å². The van der Waals surface area contributed by atoms with Gasteiger partial charge in [0.05, 0.1) is 12.7 Å². The molecule has 0 fully saturated rings. The summed E-state index contributed by atoms with van der Waals surface area (Å²) in [5.74, 6) is 0. The van der Waals surface area contributed by atoms with Crippen LogP contribution in [0.15, 0.2) is 0 Å². The van der Waals surface area contributed by atoms with Gasteiger partial charge < -0.3 is 0 Å². The van der Waals surface area contributed by atoms with Gasteiger partial charge >= 0.3 is 5.65 Å². The fourth-order valence-corrected chi connectivity index (χ4v) is 1.82. The number of anilines is 1. The molecule has 5 heteroatoms. The maximum atomic E-state index is 4.08. The Kier molecular flexibility index (Phi) is 1.32. The Bertz CT molecular complexity index is 375. The summed E-state index contributed by atoms with van der Waals surface area (Å²) in [6.07, 6.45) is 0. The van der Waals surface area contributed by atoms with Crippen LogP contribution >= 0.6 is 11.3 Å². The fourth-order valence-electron chi connectivity index (χ4n) is 0.977. The smallest absolute Gasteiger partial charge is 0.299 e. The number of nitrogens with zero attached hydrogens (tertiary/aromatic N) is 1. The monoisotopic (exact) mass is 169 g/mol. The van der Waals surface area contributed by atoms with Gasteiger partial charge in [-0.05, 0) is 12.0 Å². The number of thiazole rings is 1. The number of nitrogens with one attached hydrogen (secondary N) is 3. The average Bonchev–Trinajstić information content (AvgIpc) is 2.53. The molecule has 0 saturated carbocycles. The van der Waals surface area contributed by atoms with Crippen molar-refractivity contribution in [2.24, 2.45) is 0 Å². The molecule has 0 unspecified atom stereocenters. The predicted molar refractivity (Wildman–Crippen MR) is 44.8 cm³/mol. The van der Waals surface area contributed by atoms with E-state index in [-0.39, 0.29) is 0 Å². The van der Waals surface area contributed by atoms with Crippen molar-refractivity contribution in [2.45, 2.75) is 6.92 Å². The van der Waals surface area contributed by atoms with Crippen molar-refractivity contribution < 1.29 is 4.98 Å². The van der Waals surface area contributed by atoms with Crippen molar-refractivity contribution in [3.05, 3.63) is 5.69 Å².